The monoisotopic (exact) mass is 322 g/mol. The SMILES string of the molecule is COc1ccc(C(=O)NCc2cccc(C)n2)cc1OC(F)F. The molecule has 0 saturated heterocycles. The lowest BCUT2D eigenvalue weighted by molar-refractivity contribution is -0.0512. The molecule has 1 N–H and O–H groups in total. The maximum Gasteiger partial charge on any atom is 0.387 e. The number of amides is 1. The number of alkyl halides is 2. The second-order valence-electron chi connectivity index (χ2n) is 4.70. The van der Waals surface area contributed by atoms with Crippen molar-refractivity contribution in [1.82, 2.24) is 10.3 Å². The van der Waals surface area contributed by atoms with E-state index in [1.54, 1.807) is 6.07 Å². The molecule has 0 fully saturated rings. The molecule has 0 bridgehead atoms. The molecule has 0 saturated carbocycles. The third-order valence-electron chi connectivity index (χ3n) is 3.02. The highest BCUT2D eigenvalue weighted by Crippen LogP contribution is 2.29. The van der Waals surface area contributed by atoms with Crippen LogP contribution in [0.15, 0.2) is 36.4 Å². The molecule has 5 nitrogen and oxygen atoms in total. The van der Waals surface area contributed by atoms with E-state index in [1.807, 2.05) is 19.1 Å². The van der Waals surface area contributed by atoms with Crippen LogP contribution < -0.4 is 14.8 Å². The zero-order valence-electron chi connectivity index (χ0n) is 12.7. The zero-order valence-corrected chi connectivity index (χ0v) is 12.7. The molecule has 0 atom stereocenters. The van der Waals surface area contributed by atoms with E-state index in [0.717, 1.165) is 5.69 Å². The van der Waals surface area contributed by atoms with Gasteiger partial charge in [0.05, 0.1) is 19.3 Å². The smallest absolute Gasteiger partial charge is 0.387 e. The van der Waals surface area contributed by atoms with Gasteiger partial charge >= 0.3 is 6.61 Å². The van der Waals surface area contributed by atoms with E-state index >= 15 is 0 Å². The Morgan fingerprint density at radius 3 is 2.70 bits per heavy atom. The highest BCUT2D eigenvalue weighted by Gasteiger charge is 2.14. The van der Waals surface area contributed by atoms with Crippen LogP contribution in [0, 0.1) is 6.92 Å². The number of nitrogens with one attached hydrogen (secondary N) is 1. The summed E-state index contributed by atoms with van der Waals surface area (Å²) in [6.45, 7) is -0.918. The number of carbonyl (C=O) groups excluding carboxylic acids is 1. The fraction of sp³-hybridized carbons (Fsp3) is 0.250. The predicted octanol–water partition coefficient (Wildman–Crippen LogP) is 2.93. The summed E-state index contributed by atoms with van der Waals surface area (Å²) >= 11 is 0. The summed E-state index contributed by atoms with van der Waals surface area (Å²) in [5.41, 5.74) is 1.74. The van der Waals surface area contributed by atoms with Gasteiger partial charge in [-0.1, -0.05) is 6.07 Å². The number of carbonyl (C=O) groups is 1. The van der Waals surface area contributed by atoms with Crippen molar-refractivity contribution in [3.8, 4) is 11.5 Å². The van der Waals surface area contributed by atoms with Gasteiger partial charge in [-0.2, -0.15) is 8.78 Å². The lowest BCUT2D eigenvalue weighted by atomic mass is 10.2. The van der Waals surface area contributed by atoms with Gasteiger partial charge in [0.25, 0.3) is 5.91 Å². The van der Waals surface area contributed by atoms with E-state index in [0.29, 0.717) is 5.69 Å². The number of hydrogen-bond donors (Lipinski definition) is 1. The quantitative estimate of drug-likeness (QED) is 0.888. The minimum Gasteiger partial charge on any atom is -0.493 e. The van der Waals surface area contributed by atoms with E-state index in [-0.39, 0.29) is 23.6 Å². The molecule has 1 aromatic heterocycles. The van der Waals surface area contributed by atoms with E-state index in [1.165, 1.54) is 25.3 Å². The summed E-state index contributed by atoms with van der Waals surface area (Å²) in [5.74, 6) is -0.485. The van der Waals surface area contributed by atoms with Crippen molar-refractivity contribution in [2.24, 2.45) is 0 Å². The van der Waals surface area contributed by atoms with Gasteiger partial charge in [0, 0.05) is 11.3 Å². The molecule has 1 aromatic carbocycles. The average Bonchev–Trinajstić information content (AvgIpc) is 2.52. The van der Waals surface area contributed by atoms with E-state index in [9.17, 15) is 13.6 Å². The second kappa shape index (κ2) is 7.53. The predicted molar refractivity (Wildman–Crippen MR) is 79.8 cm³/mol. The summed E-state index contributed by atoms with van der Waals surface area (Å²) in [7, 11) is 1.33. The van der Waals surface area contributed by atoms with Crippen LogP contribution >= 0.6 is 0 Å². The Balaban J connectivity index is 2.09. The Morgan fingerprint density at radius 2 is 2.04 bits per heavy atom. The number of pyridine rings is 1. The van der Waals surface area contributed by atoms with Crippen LogP contribution in [0.4, 0.5) is 8.78 Å². The maximum atomic E-state index is 12.4. The Bertz CT molecular complexity index is 693. The topological polar surface area (TPSA) is 60.5 Å². The molecule has 0 aliphatic rings. The molecular formula is C16H16F2N2O3. The molecule has 7 heteroatoms. The highest BCUT2D eigenvalue weighted by atomic mass is 19.3. The minimum absolute atomic E-state index is 0.127. The zero-order chi connectivity index (χ0) is 16.8. The molecule has 122 valence electrons. The standard InChI is InChI=1S/C16H16F2N2O3/c1-10-4-3-5-12(20-10)9-19-15(21)11-6-7-13(22-2)14(8-11)23-16(17)18/h3-8,16H,9H2,1-2H3,(H,19,21). The van der Waals surface area contributed by atoms with E-state index in [2.05, 4.69) is 15.0 Å². The number of ether oxygens (including phenoxy) is 2. The first-order valence-corrected chi connectivity index (χ1v) is 6.83. The van der Waals surface area contributed by atoms with Crippen molar-refractivity contribution in [2.75, 3.05) is 7.11 Å². The van der Waals surface area contributed by atoms with Crippen LogP contribution in [0.3, 0.4) is 0 Å². The summed E-state index contributed by atoms with van der Waals surface area (Å²) in [5, 5.41) is 2.68. The minimum atomic E-state index is -3.00. The van der Waals surface area contributed by atoms with Crippen molar-refractivity contribution in [1.29, 1.82) is 0 Å². The summed E-state index contributed by atoms with van der Waals surface area (Å²) in [4.78, 5) is 16.4. The molecule has 0 spiro atoms. The molecule has 23 heavy (non-hydrogen) atoms. The lowest BCUT2D eigenvalue weighted by Gasteiger charge is -2.11. The fourth-order valence-corrected chi connectivity index (χ4v) is 1.98. The summed E-state index contributed by atoms with van der Waals surface area (Å²) in [6, 6.07) is 9.55. The van der Waals surface area contributed by atoms with E-state index in [4.69, 9.17) is 4.74 Å². The number of aromatic nitrogens is 1. The van der Waals surface area contributed by atoms with Gasteiger partial charge in [-0.15, -0.1) is 0 Å². The number of hydrogen-bond acceptors (Lipinski definition) is 4. The van der Waals surface area contributed by atoms with Crippen LogP contribution in [0.1, 0.15) is 21.7 Å². The Kier molecular flexibility index (Phi) is 5.46. The van der Waals surface area contributed by atoms with Gasteiger partial charge in [-0.3, -0.25) is 9.78 Å². The van der Waals surface area contributed by atoms with Crippen LogP contribution in [0.25, 0.3) is 0 Å². The highest BCUT2D eigenvalue weighted by molar-refractivity contribution is 5.94. The number of aryl methyl sites for hydroxylation is 1. The first-order valence-electron chi connectivity index (χ1n) is 6.83. The summed E-state index contributed by atoms with van der Waals surface area (Å²) < 4.78 is 34.1. The third kappa shape index (κ3) is 4.64. The van der Waals surface area contributed by atoms with Crippen LogP contribution in [0.5, 0.6) is 11.5 Å². The van der Waals surface area contributed by atoms with Gasteiger partial charge in [-0.05, 0) is 37.3 Å². The van der Waals surface area contributed by atoms with Crippen LogP contribution in [0.2, 0.25) is 0 Å². The van der Waals surface area contributed by atoms with Crippen molar-refractivity contribution in [3.05, 3.63) is 53.3 Å². The van der Waals surface area contributed by atoms with Crippen molar-refractivity contribution in [2.45, 2.75) is 20.1 Å². The first kappa shape index (κ1) is 16.7. The Morgan fingerprint density at radius 1 is 1.26 bits per heavy atom. The van der Waals surface area contributed by atoms with Crippen LogP contribution in [-0.4, -0.2) is 24.6 Å². The largest absolute Gasteiger partial charge is 0.493 e. The number of rotatable bonds is 6. The van der Waals surface area contributed by atoms with Gasteiger partial charge < -0.3 is 14.8 Å². The number of halogens is 2. The molecule has 1 amide bonds. The molecule has 1 heterocycles. The molecular weight excluding hydrogens is 306 g/mol. The van der Waals surface area contributed by atoms with Crippen LogP contribution in [-0.2, 0) is 6.54 Å². The fourth-order valence-electron chi connectivity index (χ4n) is 1.98. The normalized spacial score (nSPS) is 10.5. The number of methoxy groups -OCH3 is 1. The molecule has 0 aliphatic heterocycles. The Labute approximate surface area is 132 Å². The van der Waals surface area contributed by atoms with E-state index < -0.39 is 12.5 Å². The molecule has 2 aromatic rings. The van der Waals surface area contributed by atoms with Crippen molar-refractivity contribution < 1.29 is 23.0 Å². The van der Waals surface area contributed by atoms with Crippen molar-refractivity contribution in [3.63, 3.8) is 0 Å². The molecule has 0 aliphatic carbocycles. The molecule has 0 unspecified atom stereocenters. The van der Waals surface area contributed by atoms with Gasteiger partial charge in [0.2, 0.25) is 0 Å². The number of benzene rings is 1. The number of nitrogens with zero attached hydrogens (tertiary/aromatic N) is 1. The third-order valence-corrected chi connectivity index (χ3v) is 3.02. The van der Waals surface area contributed by atoms with Gasteiger partial charge in [0.15, 0.2) is 11.5 Å². The molecule has 2 rings (SSSR count). The molecule has 0 radical (unpaired) electrons. The first-order chi connectivity index (χ1) is 11.0. The van der Waals surface area contributed by atoms with Crippen molar-refractivity contribution >= 4 is 5.91 Å². The second-order valence-corrected chi connectivity index (χ2v) is 4.70. The van der Waals surface area contributed by atoms with Gasteiger partial charge in [0.1, 0.15) is 0 Å². The Hall–Kier alpha value is -2.70. The average molecular weight is 322 g/mol. The van der Waals surface area contributed by atoms with Gasteiger partial charge in [-0.25, -0.2) is 0 Å². The summed E-state index contributed by atoms with van der Waals surface area (Å²) in [6.07, 6.45) is 0. The lowest BCUT2D eigenvalue weighted by Crippen LogP contribution is -2.23. The maximum absolute atomic E-state index is 12.4.